The highest BCUT2D eigenvalue weighted by molar-refractivity contribution is 6.04. The van der Waals surface area contributed by atoms with E-state index < -0.39 is 0 Å². The highest BCUT2D eigenvalue weighted by Crippen LogP contribution is 2.17. The van der Waals surface area contributed by atoms with Crippen LogP contribution < -0.4 is 16.2 Å². The van der Waals surface area contributed by atoms with E-state index in [1.807, 2.05) is 6.92 Å². The average molecular weight is 364 g/mol. The van der Waals surface area contributed by atoms with Crippen molar-refractivity contribution in [1.82, 2.24) is 15.5 Å². The largest absolute Gasteiger partial charge is 0.352 e. The Morgan fingerprint density at radius 1 is 1.04 bits per heavy atom. The lowest BCUT2D eigenvalue weighted by Gasteiger charge is -2.11. The van der Waals surface area contributed by atoms with Crippen LogP contribution in [-0.2, 0) is 11.2 Å². The zero-order valence-electron chi connectivity index (χ0n) is 14.9. The van der Waals surface area contributed by atoms with Crippen LogP contribution in [0.25, 0.3) is 10.8 Å². The predicted molar refractivity (Wildman–Crippen MR) is 104 cm³/mol. The lowest BCUT2D eigenvalue weighted by atomic mass is 10.1. The van der Waals surface area contributed by atoms with Crippen molar-refractivity contribution in [3.05, 3.63) is 70.1 Å². The van der Waals surface area contributed by atoms with E-state index in [0.717, 1.165) is 6.42 Å². The third kappa shape index (κ3) is 4.20. The maximum atomic E-state index is 12.5. The van der Waals surface area contributed by atoms with Gasteiger partial charge in [0.15, 0.2) is 0 Å². The Bertz CT molecular complexity index is 1040. The number of nitrogens with one attached hydrogen (secondary N) is 3. The van der Waals surface area contributed by atoms with Gasteiger partial charge in [0, 0.05) is 11.9 Å². The molecule has 0 aliphatic carbocycles. The third-order valence-electron chi connectivity index (χ3n) is 4.08. The number of carbonyl (C=O) groups excluding carboxylic acids is 2. The first-order chi connectivity index (χ1) is 13.1. The van der Waals surface area contributed by atoms with Crippen molar-refractivity contribution >= 4 is 28.3 Å². The van der Waals surface area contributed by atoms with E-state index in [1.165, 1.54) is 0 Å². The van der Waals surface area contributed by atoms with Gasteiger partial charge < -0.3 is 10.6 Å². The van der Waals surface area contributed by atoms with Gasteiger partial charge in [-0.3, -0.25) is 14.4 Å². The number of hydrogen-bond donors (Lipinski definition) is 3. The van der Waals surface area contributed by atoms with Crippen LogP contribution >= 0.6 is 0 Å². The van der Waals surface area contributed by atoms with Gasteiger partial charge in [-0.15, -0.1) is 0 Å². The number of aromatic amines is 1. The normalized spacial score (nSPS) is 10.6. The van der Waals surface area contributed by atoms with E-state index in [0.29, 0.717) is 34.3 Å². The van der Waals surface area contributed by atoms with E-state index in [4.69, 9.17) is 0 Å². The molecular weight excluding hydrogens is 344 g/mol. The minimum absolute atomic E-state index is 0.0256. The molecule has 27 heavy (non-hydrogen) atoms. The maximum Gasteiger partial charge on any atom is 0.272 e. The van der Waals surface area contributed by atoms with Gasteiger partial charge in [-0.25, -0.2) is 5.10 Å². The average Bonchev–Trinajstić information content (AvgIpc) is 2.69. The third-order valence-corrected chi connectivity index (χ3v) is 4.08. The molecule has 0 aliphatic rings. The molecule has 3 N–H and O–H groups in total. The molecule has 0 aliphatic heterocycles. The standard InChI is InChI=1S/C20H20N4O3/c1-2-11-21-19(26)15-9-5-6-10-16(15)22-18(25)12-17-13-7-3-4-8-14(13)20(27)24-23-17/h3-10H,2,11-12H2,1H3,(H,21,26)(H,22,25)(H,24,27). The molecule has 3 aromatic rings. The number of carbonyl (C=O) groups is 2. The number of benzene rings is 2. The number of fused-ring (bicyclic) bond motifs is 1. The summed E-state index contributed by atoms with van der Waals surface area (Å²) in [4.78, 5) is 36.6. The van der Waals surface area contributed by atoms with Crippen LogP contribution in [0.1, 0.15) is 29.4 Å². The Labute approximate surface area is 155 Å². The van der Waals surface area contributed by atoms with Gasteiger partial charge in [0.1, 0.15) is 0 Å². The number of hydrogen-bond acceptors (Lipinski definition) is 4. The summed E-state index contributed by atoms with van der Waals surface area (Å²) in [6.45, 7) is 2.53. The van der Waals surface area contributed by atoms with Crippen LogP contribution in [-0.4, -0.2) is 28.6 Å². The van der Waals surface area contributed by atoms with Gasteiger partial charge in [-0.05, 0) is 24.6 Å². The Morgan fingerprint density at radius 2 is 1.74 bits per heavy atom. The van der Waals surface area contributed by atoms with Gasteiger partial charge in [0.2, 0.25) is 5.91 Å². The molecule has 7 heteroatoms. The van der Waals surface area contributed by atoms with Crippen molar-refractivity contribution in [1.29, 1.82) is 0 Å². The second kappa shape index (κ2) is 8.27. The molecule has 3 rings (SSSR count). The first kappa shape index (κ1) is 18.3. The van der Waals surface area contributed by atoms with Gasteiger partial charge in [0.25, 0.3) is 11.5 Å². The SMILES string of the molecule is CCCNC(=O)c1ccccc1NC(=O)Cc1n[nH]c(=O)c2ccccc12. The zero-order valence-corrected chi connectivity index (χ0v) is 14.9. The van der Waals surface area contributed by atoms with Crippen molar-refractivity contribution in [2.75, 3.05) is 11.9 Å². The summed E-state index contributed by atoms with van der Waals surface area (Å²) in [6.07, 6.45) is 0.799. The summed E-state index contributed by atoms with van der Waals surface area (Å²) in [7, 11) is 0. The lowest BCUT2D eigenvalue weighted by Crippen LogP contribution is -2.26. The van der Waals surface area contributed by atoms with E-state index in [-0.39, 0.29) is 23.8 Å². The van der Waals surface area contributed by atoms with Crippen molar-refractivity contribution < 1.29 is 9.59 Å². The number of para-hydroxylation sites is 1. The molecule has 7 nitrogen and oxygen atoms in total. The fraction of sp³-hybridized carbons (Fsp3) is 0.200. The number of nitrogens with zero attached hydrogens (tertiary/aromatic N) is 1. The Hall–Kier alpha value is -3.48. The fourth-order valence-electron chi connectivity index (χ4n) is 2.78. The Morgan fingerprint density at radius 3 is 2.52 bits per heavy atom. The molecule has 2 amide bonds. The van der Waals surface area contributed by atoms with Crippen LogP contribution in [0.4, 0.5) is 5.69 Å². The summed E-state index contributed by atoms with van der Waals surface area (Å²) in [6, 6.07) is 13.8. The van der Waals surface area contributed by atoms with E-state index >= 15 is 0 Å². The van der Waals surface area contributed by atoms with Crippen LogP contribution in [0, 0.1) is 0 Å². The van der Waals surface area contributed by atoms with Gasteiger partial charge in [-0.2, -0.15) is 5.10 Å². The Balaban J connectivity index is 1.81. The van der Waals surface area contributed by atoms with Gasteiger partial charge >= 0.3 is 0 Å². The van der Waals surface area contributed by atoms with Crippen LogP contribution in [0.15, 0.2) is 53.3 Å². The van der Waals surface area contributed by atoms with Crippen molar-refractivity contribution in [3.8, 4) is 0 Å². The summed E-state index contributed by atoms with van der Waals surface area (Å²) < 4.78 is 0. The molecule has 1 aromatic heterocycles. The maximum absolute atomic E-state index is 12.5. The molecule has 0 spiro atoms. The topological polar surface area (TPSA) is 104 Å². The van der Waals surface area contributed by atoms with Crippen molar-refractivity contribution in [2.45, 2.75) is 19.8 Å². The van der Waals surface area contributed by atoms with Crippen molar-refractivity contribution in [2.24, 2.45) is 0 Å². The highest BCUT2D eigenvalue weighted by atomic mass is 16.2. The number of rotatable bonds is 6. The fourth-order valence-corrected chi connectivity index (χ4v) is 2.78. The smallest absolute Gasteiger partial charge is 0.272 e. The quantitative estimate of drug-likeness (QED) is 0.624. The molecule has 0 fully saturated rings. The van der Waals surface area contributed by atoms with Gasteiger partial charge in [0.05, 0.1) is 28.8 Å². The zero-order chi connectivity index (χ0) is 19.2. The lowest BCUT2D eigenvalue weighted by molar-refractivity contribution is -0.115. The molecule has 0 saturated carbocycles. The number of anilines is 1. The second-order valence-corrected chi connectivity index (χ2v) is 6.07. The first-order valence-electron chi connectivity index (χ1n) is 8.73. The highest BCUT2D eigenvalue weighted by Gasteiger charge is 2.15. The van der Waals surface area contributed by atoms with Crippen LogP contribution in [0.3, 0.4) is 0 Å². The molecule has 1 heterocycles. The van der Waals surface area contributed by atoms with E-state index in [2.05, 4.69) is 20.8 Å². The summed E-state index contributed by atoms with van der Waals surface area (Å²) >= 11 is 0. The summed E-state index contributed by atoms with van der Waals surface area (Å²) in [5.41, 5.74) is 1.01. The van der Waals surface area contributed by atoms with Crippen LogP contribution in [0.5, 0.6) is 0 Å². The van der Waals surface area contributed by atoms with Crippen molar-refractivity contribution in [3.63, 3.8) is 0 Å². The Kier molecular flexibility index (Phi) is 5.61. The molecule has 0 saturated heterocycles. The number of H-pyrrole nitrogens is 1. The molecule has 138 valence electrons. The van der Waals surface area contributed by atoms with E-state index in [1.54, 1.807) is 48.5 Å². The molecule has 0 unspecified atom stereocenters. The summed E-state index contributed by atoms with van der Waals surface area (Å²) in [5.74, 6) is -0.559. The molecule has 2 aromatic carbocycles. The number of aromatic nitrogens is 2. The molecule has 0 radical (unpaired) electrons. The van der Waals surface area contributed by atoms with E-state index in [9.17, 15) is 14.4 Å². The summed E-state index contributed by atoms with van der Waals surface area (Å²) in [5, 5.41) is 13.1. The second-order valence-electron chi connectivity index (χ2n) is 6.07. The minimum atomic E-state index is -0.324. The molecular formula is C20H20N4O3. The predicted octanol–water partition coefficient (Wildman–Crippen LogP) is 2.24. The monoisotopic (exact) mass is 364 g/mol. The number of amides is 2. The minimum Gasteiger partial charge on any atom is -0.352 e. The molecule has 0 atom stereocenters. The molecule has 0 bridgehead atoms. The van der Waals surface area contributed by atoms with Crippen LogP contribution in [0.2, 0.25) is 0 Å². The van der Waals surface area contributed by atoms with Gasteiger partial charge in [-0.1, -0.05) is 37.3 Å². The first-order valence-corrected chi connectivity index (χ1v) is 8.73.